The molecule has 2 heterocycles. The van der Waals surface area contributed by atoms with Crippen LogP contribution in [-0.2, 0) is 13.0 Å². The van der Waals surface area contributed by atoms with Crippen LogP contribution in [0.5, 0.6) is 5.75 Å². The number of nitrogens with zero attached hydrogens (tertiary/aromatic N) is 1. The van der Waals surface area contributed by atoms with Crippen molar-refractivity contribution >= 4 is 17.2 Å². The lowest BCUT2D eigenvalue weighted by Gasteiger charge is -2.11. The van der Waals surface area contributed by atoms with Gasteiger partial charge in [-0.2, -0.15) is 0 Å². The van der Waals surface area contributed by atoms with Gasteiger partial charge in [0.1, 0.15) is 22.6 Å². The molecule has 1 atom stereocenters. The van der Waals surface area contributed by atoms with E-state index in [-0.39, 0.29) is 12.0 Å². The Morgan fingerprint density at radius 3 is 3.10 bits per heavy atom. The van der Waals surface area contributed by atoms with Gasteiger partial charge >= 0.3 is 0 Å². The number of amides is 1. The van der Waals surface area contributed by atoms with E-state index in [0.717, 1.165) is 17.2 Å². The molecule has 0 aliphatic carbocycles. The fraction of sp³-hybridized carbons (Fsp3) is 0.286. The average molecular weight is 289 g/mol. The van der Waals surface area contributed by atoms with E-state index in [1.807, 2.05) is 24.3 Å². The molecular weight excluding hydrogens is 274 g/mol. The second-order valence-electron chi connectivity index (χ2n) is 4.59. The van der Waals surface area contributed by atoms with Crippen molar-refractivity contribution in [2.24, 2.45) is 5.73 Å². The van der Waals surface area contributed by atoms with Gasteiger partial charge in [-0.3, -0.25) is 4.79 Å². The third-order valence-electron chi connectivity index (χ3n) is 3.16. The van der Waals surface area contributed by atoms with Gasteiger partial charge in [0, 0.05) is 18.3 Å². The van der Waals surface area contributed by atoms with Crippen LogP contribution in [0.3, 0.4) is 0 Å². The minimum Gasteiger partial charge on any atom is -0.488 e. The van der Waals surface area contributed by atoms with Gasteiger partial charge in [0.2, 0.25) is 0 Å². The molecule has 0 bridgehead atoms. The number of hydrogen-bond donors (Lipinski definition) is 2. The van der Waals surface area contributed by atoms with Gasteiger partial charge < -0.3 is 15.8 Å². The normalized spacial score (nSPS) is 16.6. The van der Waals surface area contributed by atoms with Crippen LogP contribution in [0.2, 0.25) is 0 Å². The molecule has 1 aliphatic heterocycles. The molecule has 5 nitrogen and oxygen atoms in total. The maximum atomic E-state index is 11.9. The van der Waals surface area contributed by atoms with Crippen LogP contribution in [0, 0.1) is 0 Å². The fourth-order valence-corrected chi connectivity index (χ4v) is 2.83. The van der Waals surface area contributed by atoms with Crippen LogP contribution >= 0.6 is 11.3 Å². The number of nitrogens with one attached hydrogen (secondary N) is 1. The summed E-state index contributed by atoms with van der Waals surface area (Å²) in [4.78, 5) is 16.1. The van der Waals surface area contributed by atoms with Gasteiger partial charge in [-0.05, 0) is 11.6 Å². The smallest absolute Gasteiger partial charge is 0.270 e. The van der Waals surface area contributed by atoms with Gasteiger partial charge in [-0.15, -0.1) is 11.3 Å². The Kier molecular flexibility index (Phi) is 3.66. The number of carbonyl (C=O) groups is 1. The van der Waals surface area contributed by atoms with Crippen LogP contribution in [0.4, 0.5) is 0 Å². The molecule has 0 spiro atoms. The summed E-state index contributed by atoms with van der Waals surface area (Å²) in [6, 6.07) is 7.94. The monoisotopic (exact) mass is 289 g/mol. The molecule has 1 aliphatic rings. The number of rotatable bonds is 4. The van der Waals surface area contributed by atoms with E-state index in [0.29, 0.717) is 18.8 Å². The maximum Gasteiger partial charge on any atom is 0.270 e. The van der Waals surface area contributed by atoms with Crippen LogP contribution < -0.4 is 15.8 Å². The zero-order valence-corrected chi connectivity index (χ0v) is 11.7. The third kappa shape index (κ3) is 2.66. The molecule has 1 aromatic heterocycles. The Bertz CT molecular complexity index is 601. The lowest BCUT2D eigenvalue weighted by molar-refractivity contribution is 0.0929. The molecule has 0 saturated carbocycles. The highest BCUT2D eigenvalue weighted by Crippen LogP contribution is 2.27. The quantitative estimate of drug-likeness (QED) is 0.890. The van der Waals surface area contributed by atoms with E-state index in [1.54, 1.807) is 5.38 Å². The van der Waals surface area contributed by atoms with Crippen molar-refractivity contribution in [3.05, 3.63) is 45.9 Å². The molecule has 20 heavy (non-hydrogen) atoms. The molecule has 2 aromatic rings. The van der Waals surface area contributed by atoms with Crippen molar-refractivity contribution in [2.75, 3.05) is 6.54 Å². The molecule has 1 amide bonds. The van der Waals surface area contributed by atoms with E-state index in [9.17, 15) is 4.79 Å². The third-order valence-corrected chi connectivity index (χ3v) is 4.03. The Morgan fingerprint density at radius 1 is 1.50 bits per heavy atom. The Hall–Kier alpha value is -1.92. The van der Waals surface area contributed by atoms with Crippen LogP contribution in [0.1, 0.15) is 21.1 Å². The lowest BCUT2D eigenvalue weighted by Crippen LogP contribution is -2.34. The van der Waals surface area contributed by atoms with Gasteiger partial charge in [-0.25, -0.2) is 4.98 Å². The second kappa shape index (κ2) is 5.60. The van der Waals surface area contributed by atoms with Crippen LogP contribution in [0.15, 0.2) is 29.6 Å². The van der Waals surface area contributed by atoms with Gasteiger partial charge in [0.25, 0.3) is 5.91 Å². The zero-order valence-electron chi connectivity index (χ0n) is 10.8. The summed E-state index contributed by atoms with van der Waals surface area (Å²) in [5.74, 6) is 0.728. The largest absolute Gasteiger partial charge is 0.488 e. The number of carbonyl (C=O) groups excluding carboxylic acids is 1. The number of thiazole rings is 1. The number of benzene rings is 1. The predicted molar refractivity (Wildman–Crippen MR) is 76.9 cm³/mol. The first-order valence-electron chi connectivity index (χ1n) is 6.43. The van der Waals surface area contributed by atoms with Crippen molar-refractivity contribution in [2.45, 2.75) is 19.1 Å². The number of nitrogens with two attached hydrogens (primary N) is 1. The fourth-order valence-electron chi connectivity index (χ4n) is 2.17. The highest BCUT2D eigenvalue weighted by Gasteiger charge is 2.23. The van der Waals surface area contributed by atoms with Crippen molar-refractivity contribution < 1.29 is 9.53 Å². The average Bonchev–Trinajstić information content (AvgIpc) is 3.10. The van der Waals surface area contributed by atoms with Crippen molar-refractivity contribution in [1.29, 1.82) is 0 Å². The van der Waals surface area contributed by atoms with E-state index < -0.39 is 0 Å². The number of ether oxygens (including phenoxy) is 1. The summed E-state index contributed by atoms with van der Waals surface area (Å²) < 4.78 is 5.77. The minimum absolute atomic E-state index is 0.0102. The summed E-state index contributed by atoms with van der Waals surface area (Å²) >= 11 is 1.40. The maximum absolute atomic E-state index is 11.9. The van der Waals surface area contributed by atoms with Crippen LogP contribution in [0.25, 0.3) is 0 Å². The topological polar surface area (TPSA) is 77.2 Å². The molecule has 3 N–H and O–H groups in total. The predicted octanol–water partition coefficient (Wildman–Crippen LogP) is 1.34. The number of para-hydroxylation sites is 1. The standard InChI is InChI=1S/C14H15N3O2S/c15-6-13-17-11(8-20-13)14(18)16-7-10-5-9-3-1-2-4-12(9)19-10/h1-4,8,10H,5-7,15H2,(H,16,18). The summed E-state index contributed by atoms with van der Waals surface area (Å²) in [5, 5.41) is 5.34. The zero-order chi connectivity index (χ0) is 13.9. The van der Waals surface area contributed by atoms with E-state index in [1.165, 1.54) is 16.9 Å². The first kappa shape index (κ1) is 13.1. The minimum atomic E-state index is -0.180. The van der Waals surface area contributed by atoms with Gasteiger partial charge in [0.05, 0.1) is 6.54 Å². The van der Waals surface area contributed by atoms with Crippen molar-refractivity contribution in [1.82, 2.24) is 10.3 Å². The molecule has 6 heteroatoms. The Labute approximate surface area is 120 Å². The van der Waals surface area contributed by atoms with E-state index in [2.05, 4.69) is 10.3 Å². The summed E-state index contributed by atoms with van der Waals surface area (Å²) in [7, 11) is 0. The van der Waals surface area contributed by atoms with Crippen molar-refractivity contribution in [3.63, 3.8) is 0 Å². The lowest BCUT2D eigenvalue weighted by atomic mass is 10.1. The number of fused-ring (bicyclic) bond motifs is 1. The highest BCUT2D eigenvalue weighted by atomic mass is 32.1. The Morgan fingerprint density at radius 2 is 2.35 bits per heavy atom. The van der Waals surface area contributed by atoms with E-state index in [4.69, 9.17) is 10.5 Å². The first-order valence-corrected chi connectivity index (χ1v) is 7.31. The first-order chi connectivity index (χ1) is 9.76. The molecular formula is C14H15N3O2S. The molecule has 0 fully saturated rings. The van der Waals surface area contributed by atoms with Crippen LogP contribution in [-0.4, -0.2) is 23.5 Å². The molecule has 0 saturated heterocycles. The summed E-state index contributed by atoms with van der Waals surface area (Å²) in [6.45, 7) is 0.835. The molecule has 104 valence electrons. The molecule has 0 radical (unpaired) electrons. The molecule has 1 aromatic carbocycles. The van der Waals surface area contributed by atoms with Gasteiger partial charge in [0.15, 0.2) is 0 Å². The van der Waals surface area contributed by atoms with Gasteiger partial charge in [-0.1, -0.05) is 18.2 Å². The van der Waals surface area contributed by atoms with E-state index >= 15 is 0 Å². The Balaban J connectivity index is 1.55. The highest BCUT2D eigenvalue weighted by molar-refractivity contribution is 7.09. The molecule has 1 unspecified atom stereocenters. The number of aromatic nitrogens is 1. The SMILES string of the molecule is NCc1nc(C(=O)NCC2Cc3ccccc3O2)cs1. The summed E-state index contributed by atoms with van der Waals surface area (Å²) in [5.41, 5.74) is 7.09. The number of hydrogen-bond acceptors (Lipinski definition) is 5. The molecule has 3 rings (SSSR count). The van der Waals surface area contributed by atoms with Crippen molar-refractivity contribution in [3.8, 4) is 5.75 Å². The second-order valence-corrected chi connectivity index (χ2v) is 5.53. The summed E-state index contributed by atoms with van der Waals surface area (Å²) in [6.07, 6.45) is 0.811.